The molecule has 0 aliphatic carbocycles. The van der Waals surface area contributed by atoms with Gasteiger partial charge in [0.15, 0.2) is 0 Å². The smallest absolute Gasteiger partial charge is 0.104 e. The second kappa shape index (κ2) is 4.24. The van der Waals surface area contributed by atoms with Crippen molar-refractivity contribution in [3.05, 3.63) is 0 Å². The molecule has 0 saturated carbocycles. The molecule has 1 fully saturated rings. The molecule has 0 amide bonds. The van der Waals surface area contributed by atoms with Crippen LogP contribution in [0.5, 0.6) is 0 Å². The number of rotatable bonds is 6. The molecule has 1 heterocycles. The third-order valence-electron chi connectivity index (χ3n) is 2.86. The molecule has 72 valence electrons. The van der Waals surface area contributed by atoms with Crippen molar-refractivity contribution < 1.29 is 9.47 Å². The van der Waals surface area contributed by atoms with Crippen molar-refractivity contribution in [3.8, 4) is 0 Å². The normalized spacial score (nSPS) is 22.8. The van der Waals surface area contributed by atoms with E-state index in [4.69, 9.17) is 9.47 Å². The average molecular weight is 172 g/mol. The summed E-state index contributed by atoms with van der Waals surface area (Å²) in [6.07, 6.45) is 2.78. The summed E-state index contributed by atoms with van der Waals surface area (Å²) in [7, 11) is 0. The van der Waals surface area contributed by atoms with Gasteiger partial charge in [-0.2, -0.15) is 0 Å². The molecule has 0 aromatic carbocycles. The van der Waals surface area contributed by atoms with Crippen molar-refractivity contribution >= 4 is 0 Å². The van der Waals surface area contributed by atoms with Gasteiger partial charge < -0.3 is 9.47 Å². The Kier molecular flexibility index (Phi) is 3.53. The van der Waals surface area contributed by atoms with E-state index in [1.165, 1.54) is 12.8 Å². The highest BCUT2D eigenvalue weighted by atomic mass is 16.6. The third-order valence-corrected chi connectivity index (χ3v) is 2.86. The lowest BCUT2D eigenvalue weighted by Gasteiger charge is -2.25. The zero-order chi connectivity index (χ0) is 9.03. The SMILES string of the molecule is CCC(C)(CC)COCC1CO1. The molecule has 0 aromatic rings. The van der Waals surface area contributed by atoms with E-state index in [9.17, 15) is 0 Å². The monoisotopic (exact) mass is 172 g/mol. The van der Waals surface area contributed by atoms with Crippen LogP contribution in [0, 0.1) is 5.41 Å². The number of ether oxygens (including phenoxy) is 2. The summed E-state index contributed by atoms with van der Waals surface area (Å²) >= 11 is 0. The molecule has 0 spiro atoms. The fraction of sp³-hybridized carbons (Fsp3) is 1.00. The lowest BCUT2D eigenvalue weighted by atomic mass is 9.86. The Labute approximate surface area is 75.2 Å². The van der Waals surface area contributed by atoms with Crippen LogP contribution >= 0.6 is 0 Å². The molecule has 0 bridgehead atoms. The van der Waals surface area contributed by atoms with Gasteiger partial charge in [0.1, 0.15) is 6.10 Å². The lowest BCUT2D eigenvalue weighted by Crippen LogP contribution is -2.22. The molecule has 0 N–H and O–H groups in total. The van der Waals surface area contributed by atoms with Crippen molar-refractivity contribution in [2.75, 3.05) is 19.8 Å². The zero-order valence-corrected chi connectivity index (χ0v) is 8.43. The summed E-state index contributed by atoms with van der Waals surface area (Å²) in [6.45, 7) is 9.28. The first-order valence-electron chi connectivity index (χ1n) is 4.89. The van der Waals surface area contributed by atoms with Gasteiger partial charge in [0.2, 0.25) is 0 Å². The highest BCUT2D eigenvalue weighted by Gasteiger charge is 2.25. The first-order valence-corrected chi connectivity index (χ1v) is 4.89. The summed E-state index contributed by atoms with van der Waals surface area (Å²) in [6, 6.07) is 0. The number of epoxide rings is 1. The highest BCUT2D eigenvalue weighted by molar-refractivity contribution is 4.72. The van der Waals surface area contributed by atoms with Crippen LogP contribution in [0.3, 0.4) is 0 Å². The van der Waals surface area contributed by atoms with Gasteiger partial charge in [0, 0.05) is 0 Å². The molecule has 1 atom stereocenters. The van der Waals surface area contributed by atoms with Crippen LogP contribution in [-0.4, -0.2) is 25.9 Å². The Balaban J connectivity index is 2.08. The maximum absolute atomic E-state index is 5.58. The summed E-state index contributed by atoms with van der Waals surface area (Å²) < 4.78 is 10.6. The third kappa shape index (κ3) is 3.11. The van der Waals surface area contributed by atoms with Crippen LogP contribution in [-0.2, 0) is 9.47 Å². The molecular weight excluding hydrogens is 152 g/mol. The topological polar surface area (TPSA) is 21.8 Å². The van der Waals surface area contributed by atoms with Gasteiger partial charge in [-0.15, -0.1) is 0 Å². The van der Waals surface area contributed by atoms with Crippen molar-refractivity contribution in [2.24, 2.45) is 5.41 Å². The highest BCUT2D eigenvalue weighted by Crippen LogP contribution is 2.25. The Hall–Kier alpha value is -0.0800. The molecule has 1 saturated heterocycles. The second-order valence-corrected chi connectivity index (χ2v) is 3.99. The van der Waals surface area contributed by atoms with Crippen LogP contribution < -0.4 is 0 Å². The Morgan fingerprint density at radius 3 is 2.42 bits per heavy atom. The van der Waals surface area contributed by atoms with Crippen LogP contribution in [0.25, 0.3) is 0 Å². The minimum atomic E-state index is 0.370. The Bertz CT molecular complexity index is 126. The van der Waals surface area contributed by atoms with Gasteiger partial charge in [-0.25, -0.2) is 0 Å². The Morgan fingerprint density at radius 1 is 1.42 bits per heavy atom. The first kappa shape index (κ1) is 10.0. The summed E-state index contributed by atoms with van der Waals surface area (Å²) in [5.41, 5.74) is 0.370. The molecule has 2 nitrogen and oxygen atoms in total. The summed E-state index contributed by atoms with van der Waals surface area (Å²) in [4.78, 5) is 0. The van der Waals surface area contributed by atoms with Gasteiger partial charge in [-0.1, -0.05) is 20.8 Å². The molecular formula is C10H20O2. The van der Waals surface area contributed by atoms with E-state index in [2.05, 4.69) is 20.8 Å². The fourth-order valence-electron chi connectivity index (χ4n) is 1.06. The van der Waals surface area contributed by atoms with Crippen molar-refractivity contribution in [3.63, 3.8) is 0 Å². The predicted molar refractivity (Wildman–Crippen MR) is 49.2 cm³/mol. The van der Waals surface area contributed by atoms with E-state index in [-0.39, 0.29) is 0 Å². The molecule has 0 aromatic heterocycles. The summed E-state index contributed by atoms with van der Waals surface area (Å²) in [5, 5.41) is 0. The molecule has 12 heavy (non-hydrogen) atoms. The first-order chi connectivity index (χ1) is 5.70. The van der Waals surface area contributed by atoms with E-state index in [0.717, 1.165) is 19.8 Å². The van der Waals surface area contributed by atoms with Crippen molar-refractivity contribution in [1.82, 2.24) is 0 Å². The van der Waals surface area contributed by atoms with E-state index in [1.54, 1.807) is 0 Å². The standard InChI is InChI=1S/C10H20O2/c1-4-10(3,5-2)8-11-6-9-7-12-9/h9H,4-8H2,1-3H3. The number of hydrogen-bond acceptors (Lipinski definition) is 2. The molecule has 1 aliphatic heterocycles. The number of hydrogen-bond donors (Lipinski definition) is 0. The summed E-state index contributed by atoms with van der Waals surface area (Å²) in [5.74, 6) is 0. The van der Waals surface area contributed by atoms with Gasteiger partial charge in [-0.3, -0.25) is 0 Å². The van der Waals surface area contributed by atoms with Gasteiger partial charge >= 0.3 is 0 Å². The van der Waals surface area contributed by atoms with Crippen molar-refractivity contribution in [2.45, 2.75) is 39.7 Å². The van der Waals surface area contributed by atoms with Gasteiger partial charge in [-0.05, 0) is 18.3 Å². The van der Waals surface area contributed by atoms with Crippen LogP contribution in [0.2, 0.25) is 0 Å². The average Bonchev–Trinajstić information content (AvgIpc) is 2.88. The van der Waals surface area contributed by atoms with E-state index in [0.29, 0.717) is 11.5 Å². The quantitative estimate of drug-likeness (QED) is 0.573. The molecule has 1 aliphatic rings. The van der Waals surface area contributed by atoms with Gasteiger partial charge in [0.05, 0.1) is 19.8 Å². The van der Waals surface area contributed by atoms with E-state index >= 15 is 0 Å². The predicted octanol–water partition coefficient (Wildman–Crippen LogP) is 2.23. The minimum absolute atomic E-state index is 0.370. The van der Waals surface area contributed by atoms with Crippen LogP contribution in [0.4, 0.5) is 0 Å². The van der Waals surface area contributed by atoms with Crippen LogP contribution in [0.1, 0.15) is 33.6 Å². The molecule has 1 rings (SSSR count). The van der Waals surface area contributed by atoms with Gasteiger partial charge in [0.25, 0.3) is 0 Å². The van der Waals surface area contributed by atoms with E-state index in [1.807, 2.05) is 0 Å². The zero-order valence-electron chi connectivity index (χ0n) is 8.43. The minimum Gasteiger partial charge on any atom is -0.378 e. The molecule has 0 radical (unpaired) electrons. The van der Waals surface area contributed by atoms with Crippen molar-refractivity contribution in [1.29, 1.82) is 0 Å². The largest absolute Gasteiger partial charge is 0.378 e. The molecule has 1 unspecified atom stereocenters. The maximum Gasteiger partial charge on any atom is 0.104 e. The lowest BCUT2D eigenvalue weighted by molar-refractivity contribution is 0.0399. The van der Waals surface area contributed by atoms with E-state index < -0.39 is 0 Å². The van der Waals surface area contributed by atoms with Crippen LogP contribution in [0.15, 0.2) is 0 Å². The Morgan fingerprint density at radius 2 is 2.00 bits per heavy atom. The fourth-order valence-corrected chi connectivity index (χ4v) is 1.06. The molecule has 2 heteroatoms. The maximum atomic E-state index is 5.58. The second-order valence-electron chi connectivity index (χ2n) is 3.99.